The van der Waals surface area contributed by atoms with Crippen molar-refractivity contribution in [3.63, 3.8) is 0 Å². The number of hydrogen-bond acceptors (Lipinski definition) is 5. The molecule has 1 aromatic heterocycles. The maximum atomic E-state index is 12.7. The van der Waals surface area contributed by atoms with Gasteiger partial charge in [0.1, 0.15) is 0 Å². The van der Waals surface area contributed by atoms with Crippen LogP contribution in [-0.4, -0.2) is 47.2 Å². The number of benzene rings is 2. The number of amides is 1. The molecule has 2 aromatic carbocycles. The minimum Gasteiger partial charge on any atom is -0.378 e. The third kappa shape index (κ3) is 4.14. The Morgan fingerprint density at radius 3 is 2.28 bits per heavy atom. The Morgan fingerprint density at radius 2 is 1.62 bits per heavy atom. The lowest BCUT2D eigenvalue weighted by Crippen LogP contribution is -2.36. The van der Waals surface area contributed by atoms with E-state index in [-0.39, 0.29) is 5.91 Å². The van der Waals surface area contributed by atoms with Crippen LogP contribution in [0.15, 0.2) is 42.5 Å². The zero-order chi connectivity index (χ0) is 20.4. The molecule has 1 aliphatic heterocycles. The first-order chi connectivity index (χ1) is 14.0. The number of aryl methyl sites for hydroxylation is 2. The number of carbonyl (C=O) groups excluding carboxylic acids is 1. The summed E-state index contributed by atoms with van der Waals surface area (Å²) in [6.07, 6.45) is 0. The first-order valence-electron chi connectivity index (χ1n) is 9.76. The van der Waals surface area contributed by atoms with Crippen molar-refractivity contribution in [3.05, 3.63) is 65.0 Å². The quantitative estimate of drug-likeness (QED) is 0.739. The lowest BCUT2D eigenvalue weighted by Gasteiger charge is -2.28. The van der Waals surface area contributed by atoms with Crippen LogP contribution >= 0.6 is 0 Å². The summed E-state index contributed by atoms with van der Waals surface area (Å²) < 4.78 is 7.10. The molecule has 0 unspecified atom stereocenters. The lowest BCUT2D eigenvalue weighted by molar-refractivity contribution is 0.102. The molecule has 7 heteroatoms. The van der Waals surface area contributed by atoms with Crippen LogP contribution in [-0.2, 0) is 4.74 Å². The molecule has 1 saturated heterocycles. The van der Waals surface area contributed by atoms with E-state index in [0.717, 1.165) is 54.5 Å². The molecule has 0 radical (unpaired) electrons. The summed E-state index contributed by atoms with van der Waals surface area (Å²) in [5.41, 5.74) is 6.07. The van der Waals surface area contributed by atoms with Crippen molar-refractivity contribution in [3.8, 4) is 5.69 Å². The van der Waals surface area contributed by atoms with Crippen molar-refractivity contribution in [2.75, 3.05) is 36.5 Å². The van der Waals surface area contributed by atoms with E-state index in [2.05, 4.69) is 26.6 Å². The molecule has 0 bridgehead atoms. The summed E-state index contributed by atoms with van der Waals surface area (Å²) in [7, 11) is 0. The molecule has 7 nitrogen and oxygen atoms in total. The predicted octanol–water partition coefficient (Wildman–Crippen LogP) is 3.28. The van der Waals surface area contributed by atoms with Crippen molar-refractivity contribution in [2.45, 2.75) is 20.8 Å². The number of rotatable bonds is 4. The smallest absolute Gasteiger partial charge is 0.278 e. The number of hydrogen-bond donors (Lipinski definition) is 1. The van der Waals surface area contributed by atoms with Gasteiger partial charge < -0.3 is 15.0 Å². The fourth-order valence-corrected chi connectivity index (χ4v) is 3.62. The van der Waals surface area contributed by atoms with Gasteiger partial charge in [0.25, 0.3) is 5.91 Å². The number of aromatic nitrogens is 3. The molecular weight excluding hydrogens is 366 g/mol. The van der Waals surface area contributed by atoms with Gasteiger partial charge in [0.15, 0.2) is 5.69 Å². The van der Waals surface area contributed by atoms with Gasteiger partial charge in [-0.25, -0.2) is 4.68 Å². The second-order valence-corrected chi connectivity index (χ2v) is 7.38. The van der Waals surface area contributed by atoms with Crippen LogP contribution in [0.1, 0.15) is 27.3 Å². The number of nitrogens with zero attached hydrogens (tertiary/aromatic N) is 4. The minimum absolute atomic E-state index is 0.266. The predicted molar refractivity (Wildman–Crippen MR) is 113 cm³/mol. The molecule has 3 aromatic rings. The number of ether oxygens (including phenoxy) is 1. The van der Waals surface area contributed by atoms with E-state index < -0.39 is 0 Å². The summed E-state index contributed by atoms with van der Waals surface area (Å²) in [5.74, 6) is -0.266. The lowest BCUT2D eigenvalue weighted by atomic mass is 10.1. The second kappa shape index (κ2) is 8.05. The van der Waals surface area contributed by atoms with Crippen LogP contribution < -0.4 is 10.2 Å². The largest absolute Gasteiger partial charge is 0.378 e. The van der Waals surface area contributed by atoms with Crippen LogP contribution in [0.25, 0.3) is 5.69 Å². The van der Waals surface area contributed by atoms with Crippen LogP contribution in [0, 0.1) is 20.8 Å². The first kappa shape index (κ1) is 19.1. The van der Waals surface area contributed by atoms with Crippen LogP contribution in [0.5, 0.6) is 0 Å². The van der Waals surface area contributed by atoms with E-state index in [1.165, 1.54) is 0 Å². The molecule has 0 atom stereocenters. The van der Waals surface area contributed by atoms with Gasteiger partial charge in [-0.05, 0) is 68.3 Å². The van der Waals surface area contributed by atoms with Gasteiger partial charge in [0.2, 0.25) is 0 Å². The monoisotopic (exact) mass is 391 g/mol. The number of morpholine rings is 1. The molecule has 29 heavy (non-hydrogen) atoms. The average molecular weight is 391 g/mol. The molecular formula is C22H25N5O2. The molecule has 0 saturated carbocycles. The van der Waals surface area contributed by atoms with Gasteiger partial charge in [-0.15, -0.1) is 5.10 Å². The van der Waals surface area contributed by atoms with E-state index in [0.29, 0.717) is 11.4 Å². The fourth-order valence-electron chi connectivity index (χ4n) is 3.62. The Labute approximate surface area is 170 Å². The standard InChI is InChI=1S/C22H25N5O2/c1-15-12-16(2)14-20(13-15)27-17(3)21(24-25-27)22(28)23-18-4-6-19(7-5-18)26-8-10-29-11-9-26/h4-7,12-14H,8-11H2,1-3H3,(H,23,28). The highest BCUT2D eigenvalue weighted by Crippen LogP contribution is 2.20. The van der Waals surface area contributed by atoms with E-state index >= 15 is 0 Å². The van der Waals surface area contributed by atoms with Crippen molar-refractivity contribution in [1.82, 2.24) is 15.0 Å². The van der Waals surface area contributed by atoms with E-state index in [1.54, 1.807) is 4.68 Å². The van der Waals surface area contributed by atoms with Crippen molar-refractivity contribution in [2.24, 2.45) is 0 Å². The molecule has 2 heterocycles. The fraction of sp³-hybridized carbons (Fsp3) is 0.318. The SMILES string of the molecule is Cc1cc(C)cc(-n2nnc(C(=O)Nc3ccc(N4CCOCC4)cc3)c2C)c1. The topological polar surface area (TPSA) is 72.3 Å². The van der Waals surface area contributed by atoms with Gasteiger partial charge >= 0.3 is 0 Å². The molecule has 150 valence electrons. The average Bonchev–Trinajstić information content (AvgIpc) is 3.10. The zero-order valence-electron chi connectivity index (χ0n) is 17.0. The van der Waals surface area contributed by atoms with Crippen LogP contribution in [0.2, 0.25) is 0 Å². The summed E-state index contributed by atoms with van der Waals surface area (Å²) >= 11 is 0. The zero-order valence-corrected chi connectivity index (χ0v) is 17.0. The van der Waals surface area contributed by atoms with Crippen molar-refractivity contribution in [1.29, 1.82) is 0 Å². The van der Waals surface area contributed by atoms with Crippen molar-refractivity contribution >= 4 is 17.3 Å². The van der Waals surface area contributed by atoms with Gasteiger partial charge in [-0.2, -0.15) is 0 Å². The Hall–Kier alpha value is -3.19. The van der Waals surface area contributed by atoms with Gasteiger partial charge in [-0.1, -0.05) is 11.3 Å². The van der Waals surface area contributed by atoms with Gasteiger partial charge in [0, 0.05) is 24.5 Å². The molecule has 0 spiro atoms. The Bertz CT molecular complexity index is 1000. The van der Waals surface area contributed by atoms with E-state index in [1.807, 2.05) is 57.2 Å². The summed E-state index contributed by atoms with van der Waals surface area (Å²) in [4.78, 5) is 15.0. The van der Waals surface area contributed by atoms with E-state index in [9.17, 15) is 4.79 Å². The maximum Gasteiger partial charge on any atom is 0.278 e. The van der Waals surface area contributed by atoms with Gasteiger partial charge in [0.05, 0.1) is 24.6 Å². The van der Waals surface area contributed by atoms with Crippen molar-refractivity contribution < 1.29 is 9.53 Å². The highest BCUT2D eigenvalue weighted by molar-refractivity contribution is 6.03. The summed E-state index contributed by atoms with van der Waals surface area (Å²) in [6, 6.07) is 14.0. The normalized spacial score (nSPS) is 14.1. The Kier molecular flexibility index (Phi) is 5.31. The minimum atomic E-state index is -0.266. The molecule has 1 aliphatic rings. The van der Waals surface area contributed by atoms with Gasteiger partial charge in [-0.3, -0.25) is 4.79 Å². The number of carbonyl (C=O) groups is 1. The van der Waals surface area contributed by atoms with Crippen LogP contribution in [0.3, 0.4) is 0 Å². The first-order valence-corrected chi connectivity index (χ1v) is 9.76. The third-order valence-electron chi connectivity index (χ3n) is 5.06. The molecule has 0 aliphatic carbocycles. The highest BCUT2D eigenvalue weighted by atomic mass is 16.5. The summed E-state index contributed by atoms with van der Waals surface area (Å²) in [6.45, 7) is 9.18. The number of anilines is 2. The van der Waals surface area contributed by atoms with E-state index in [4.69, 9.17) is 4.74 Å². The van der Waals surface area contributed by atoms with Crippen LogP contribution in [0.4, 0.5) is 11.4 Å². The number of nitrogens with one attached hydrogen (secondary N) is 1. The molecule has 1 fully saturated rings. The molecule has 4 rings (SSSR count). The molecule has 1 amide bonds. The third-order valence-corrected chi connectivity index (χ3v) is 5.06. The Morgan fingerprint density at radius 1 is 0.966 bits per heavy atom. The molecule has 1 N–H and O–H groups in total. The summed E-state index contributed by atoms with van der Waals surface area (Å²) in [5, 5.41) is 11.2. The maximum absolute atomic E-state index is 12.7. The second-order valence-electron chi connectivity index (χ2n) is 7.38. The Balaban J connectivity index is 1.49. The highest BCUT2D eigenvalue weighted by Gasteiger charge is 2.18.